The summed E-state index contributed by atoms with van der Waals surface area (Å²) in [5, 5.41) is 4.63. The Hall–Kier alpha value is -2.16. The van der Waals surface area contributed by atoms with Crippen LogP contribution >= 0.6 is 0 Å². The first-order chi connectivity index (χ1) is 14.4. The van der Waals surface area contributed by atoms with E-state index in [2.05, 4.69) is 35.8 Å². The molecule has 4 nitrogen and oxygen atoms in total. The molecular formula is C23H23F4N4Na. The Labute approximate surface area is 206 Å². The van der Waals surface area contributed by atoms with Gasteiger partial charge in [-0.25, -0.2) is 9.37 Å². The average Bonchev–Trinajstić information content (AvgIpc) is 3.19. The van der Waals surface area contributed by atoms with Crippen LogP contribution in [0.15, 0.2) is 36.4 Å². The first kappa shape index (κ1) is 24.5. The maximum absolute atomic E-state index is 14.4. The molecule has 0 aliphatic rings. The molecule has 0 saturated carbocycles. The quantitative estimate of drug-likeness (QED) is 0.372. The second-order valence-corrected chi connectivity index (χ2v) is 8.67. The molecule has 0 atom stereocenters. The van der Waals surface area contributed by atoms with E-state index in [1.54, 1.807) is 10.7 Å². The number of imidazole rings is 1. The van der Waals surface area contributed by atoms with Gasteiger partial charge in [-0.2, -0.15) is 18.3 Å². The van der Waals surface area contributed by atoms with Gasteiger partial charge in [0.05, 0.1) is 22.3 Å². The predicted molar refractivity (Wildman–Crippen MR) is 113 cm³/mol. The number of aromatic amines is 1. The van der Waals surface area contributed by atoms with E-state index in [4.69, 9.17) is 0 Å². The zero-order chi connectivity index (χ0) is 22.7. The van der Waals surface area contributed by atoms with E-state index in [-0.39, 0.29) is 42.0 Å². The van der Waals surface area contributed by atoms with Gasteiger partial charge in [-0.3, -0.25) is 4.68 Å². The fourth-order valence-corrected chi connectivity index (χ4v) is 4.00. The molecule has 2 heterocycles. The molecule has 0 aliphatic carbocycles. The molecular weight excluding hydrogens is 431 g/mol. The van der Waals surface area contributed by atoms with Gasteiger partial charge in [-0.05, 0) is 36.8 Å². The van der Waals surface area contributed by atoms with Gasteiger partial charge in [0.2, 0.25) is 0 Å². The van der Waals surface area contributed by atoms with Crippen molar-refractivity contribution >= 4 is 11.0 Å². The van der Waals surface area contributed by atoms with Crippen LogP contribution in [-0.4, -0.2) is 19.7 Å². The topological polar surface area (TPSA) is 46.5 Å². The van der Waals surface area contributed by atoms with Crippen LogP contribution in [0.1, 0.15) is 39.0 Å². The van der Waals surface area contributed by atoms with Crippen LogP contribution in [0.3, 0.4) is 0 Å². The minimum atomic E-state index is -4.67. The molecule has 4 rings (SSSR count). The molecule has 2 aromatic carbocycles. The standard InChI is InChI=1S/C23H22F4N4.Na.H/c1-12-19(31(5)30-20(12)22(2,3)4)21-28-16-10-9-13(11-17(16)29-21)18-14(23(25,26)27)7-6-8-15(18)24;;/h6-11H,1-5H3,(H,28,29);;/q;+1;-1. The van der Waals surface area contributed by atoms with Crippen molar-refractivity contribution in [1.82, 2.24) is 19.7 Å². The van der Waals surface area contributed by atoms with Crippen LogP contribution in [0.5, 0.6) is 0 Å². The Balaban J connectivity index is 0.00000193. The smallest absolute Gasteiger partial charge is 1.00 e. The number of hydrogen-bond acceptors (Lipinski definition) is 2. The van der Waals surface area contributed by atoms with E-state index in [0.717, 1.165) is 35.2 Å². The predicted octanol–water partition coefficient (Wildman–Crippen LogP) is 3.51. The SMILES string of the molecule is Cc1c(C(C)(C)C)nn(C)c1-c1nc2ccc(-c3c(F)cccc3C(F)(F)F)cc2[nH]1.[H-].[Na+]. The Bertz CT molecular complexity index is 1300. The Morgan fingerprint density at radius 2 is 1.75 bits per heavy atom. The maximum Gasteiger partial charge on any atom is 1.00 e. The van der Waals surface area contributed by atoms with Crippen molar-refractivity contribution in [3.63, 3.8) is 0 Å². The third-order valence-corrected chi connectivity index (χ3v) is 5.31. The van der Waals surface area contributed by atoms with Gasteiger partial charge < -0.3 is 6.41 Å². The van der Waals surface area contributed by atoms with Crippen LogP contribution in [0, 0.1) is 12.7 Å². The van der Waals surface area contributed by atoms with Crippen molar-refractivity contribution in [2.45, 2.75) is 39.3 Å². The molecule has 9 heteroatoms. The molecule has 0 spiro atoms. The number of halogens is 4. The first-order valence-electron chi connectivity index (χ1n) is 9.78. The molecule has 0 bridgehead atoms. The van der Waals surface area contributed by atoms with Gasteiger partial charge in [-0.1, -0.05) is 32.9 Å². The van der Waals surface area contributed by atoms with E-state index in [0.29, 0.717) is 16.9 Å². The van der Waals surface area contributed by atoms with E-state index >= 15 is 0 Å². The summed E-state index contributed by atoms with van der Waals surface area (Å²) < 4.78 is 56.5. The number of nitrogens with zero attached hydrogens (tertiary/aromatic N) is 3. The second kappa shape index (κ2) is 8.32. The summed E-state index contributed by atoms with van der Waals surface area (Å²) in [7, 11) is 1.82. The van der Waals surface area contributed by atoms with Crippen molar-refractivity contribution in [1.29, 1.82) is 0 Å². The second-order valence-electron chi connectivity index (χ2n) is 8.67. The zero-order valence-corrected chi connectivity index (χ0v) is 20.8. The number of rotatable bonds is 2. The first-order valence-corrected chi connectivity index (χ1v) is 9.78. The van der Waals surface area contributed by atoms with Crippen molar-refractivity contribution in [2.24, 2.45) is 7.05 Å². The molecule has 0 radical (unpaired) electrons. The minimum absolute atomic E-state index is 0. The number of hydrogen-bond donors (Lipinski definition) is 1. The van der Waals surface area contributed by atoms with Crippen molar-refractivity contribution in [3.8, 4) is 22.6 Å². The van der Waals surface area contributed by atoms with Gasteiger partial charge in [0.15, 0.2) is 5.82 Å². The summed E-state index contributed by atoms with van der Waals surface area (Å²) in [6.45, 7) is 8.19. The number of benzene rings is 2. The normalized spacial score (nSPS) is 12.3. The molecule has 164 valence electrons. The largest absolute Gasteiger partial charge is 1.00 e. The molecule has 32 heavy (non-hydrogen) atoms. The Morgan fingerprint density at radius 3 is 2.34 bits per heavy atom. The number of fused-ring (bicyclic) bond motifs is 1. The van der Waals surface area contributed by atoms with Gasteiger partial charge in [0.25, 0.3) is 0 Å². The van der Waals surface area contributed by atoms with Crippen LogP contribution in [0.4, 0.5) is 17.6 Å². The van der Waals surface area contributed by atoms with Crippen molar-refractivity contribution in [2.75, 3.05) is 0 Å². The zero-order valence-electron chi connectivity index (χ0n) is 19.8. The van der Waals surface area contributed by atoms with E-state index in [1.165, 1.54) is 12.1 Å². The Kier molecular flexibility index (Phi) is 6.36. The van der Waals surface area contributed by atoms with Crippen LogP contribution < -0.4 is 29.6 Å². The molecule has 4 aromatic rings. The molecule has 0 aliphatic heterocycles. The average molecular weight is 454 g/mol. The number of H-pyrrole nitrogens is 1. The fraction of sp³-hybridized carbons (Fsp3) is 0.304. The van der Waals surface area contributed by atoms with Gasteiger partial charge >= 0.3 is 35.7 Å². The molecule has 0 unspecified atom stereocenters. The number of nitrogens with one attached hydrogen (secondary N) is 1. The van der Waals surface area contributed by atoms with Crippen LogP contribution in [0.2, 0.25) is 0 Å². The van der Waals surface area contributed by atoms with E-state index in [1.807, 2.05) is 14.0 Å². The maximum atomic E-state index is 14.4. The van der Waals surface area contributed by atoms with E-state index in [9.17, 15) is 17.6 Å². The number of aryl methyl sites for hydroxylation is 1. The summed E-state index contributed by atoms with van der Waals surface area (Å²) in [4.78, 5) is 7.77. The van der Waals surface area contributed by atoms with Gasteiger partial charge in [0, 0.05) is 23.6 Å². The number of aromatic nitrogens is 4. The molecule has 0 saturated heterocycles. The summed E-state index contributed by atoms with van der Waals surface area (Å²) in [6, 6.07) is 7.52. The van der Waals surface area contributed by atoms with Crippen molar-refractivity contribution < 1.29 is 48.5 Å². The summed E-state index contributed by atoms with van der Waals surface area (Å²) in [5.74, 6) is -0.369. The van der Waals surface area contributed by atoms with Crippen LogP contribution in [-0.2, 0) is 18.6 Å². The molecule has 2 aromatic heterocycles. The summed E-state index contributed by atoms with van der Waals surface area (Å²) >= 11 is 0. The van der Waals surface area contributed by atoms with E-state index < -0.39 is 23.1 Å². The molecule has 1 N–H and O–H groups in total. The minimum Gasteiger partial charge on any atom is -1.00 e. The third kappa shape index (κ3) is 4.23. The van der Waals surface area contributed by atoms with Gasteiger partial charge in [0.1, 0.15) is 11.5 Å². The summed E-state index contributed by atoms with van der Waals surface area (Å²) in [5.41, 5.74) is 2.29. The third-order valence-electron chi connectivity index (χ3n) is 5.31. The number of alkyl halides is 3. The van der Waals surface area contributed by atoms with Gasteiger partial charge in [-0.15, -0.1) is 0 Å². The monoisotopic (exact) mass is 454 g/mol. The summed E-state index contributed by atoms with van der Waals surface area (Å²) in [6.07, 6.45) is -4.67. The fourth-order valence-electron chi connectivity index (χ4n) is 4.00. The van der Waals surface area contributed by atoms with Crippen LogP contribution in [0.25, 0.3) is 33.7 Å². The van der Waals surface area contributed by atoms with Crippen molar-refractivity contribution in [3.05, 3.63) is 59.0 Å². The Morgan fingerprint density at radius 1 is 1.06 bits per heavy atom. The molecule has 0 fully saturated rings. The molecule has 0 amide bonds.